The molecule has 1 fully saturated rings. The van der Waals surface area contributed by atoms with Gasteiger partial charge in [-0.2, -0.15) is 0 Å². The molecule has 0 bridgehead atoms. The normalized spacial score (nSPS) is 15.7. The predicted octanol–water partition coefficient (Wildman–Crippen LogP) is 3.77. The molecule has 1 aliphatic carbocycles. The highest BCUT2D eigenvalue weighted by molar-refractivity contribution is 9.09. The van der Waals surface area contributed by atoms with E-state index in [-0.39, 0.29) is 5.91 Å². The fourth-order valence-corrected chi connectivity index (χ4v) is 3.05. The van der Waals surface area contributed by atoms with E-state index in [1.54, 1.807) is 0 Å². The Morgan fingerprint density at radius 1 is 1.45 bits per heavy atom. The number of rotatable bonds is 8. The Bertz CT molecular complexity index is 458. The average Bonchev–Trinajstić information content (AvgIpc) is 3.23. The third-order valence-corrected chi connectivity index (χ3v) is 4.17. The van der Waals surface area contributed by atoms with E-state index < -0.39 is 0 Å². The van der Waals surface area contributed by atoms with Gasteiger partial charge in [0, 0.05) is 17.4 Å². The lowest BCUT2D eigenvalue weighted by molar-refractivity contribution is 0.0944. The second-order valence-corrected chi connectivity index (χ2v) is 6.29. The lowest BCUT2D eigenvalue weighted by atomic mass is 10.0. The van der Waals surface area contributed by atoms with Gasteiger partial charge in [-0.1, -0.05) is 28.9 Å². The molecule has 0 spiro atoms. The number of ether oxygens (including phenoxy) is 1. The molecule has 4 heteroatoms. The van der Waals surface area contributed by atoms with Crippen molar-refractivity contribution in [2.24, 2.45) is 5.41 Å². The van der Waals surface area contributed by atoms with E-state index in [1.807, 2.05) is 24.3 Å². The second-order valence-electron chi connectivity index (χ2n) is 5.50. The molecule has 0 heterocycles. The summed E-state index contributed by atoms with van der Waals surface area (Å²) >= 11 is 3.48. The van der Waals surface area contributed by atoms with Crippen molar-refractivity contribution in [3.05, 3.63) is 29.8 Å². The standard InChI is InChI=1S/C16H22BrNO2/c1-2-10-20-14-5-3-4-13(11-14)15(19)18-12-16(6-7-16)8-9-17/h3-5,11H,2,6-10,12H2,1H3,(H,18,19). The summed E-state index contributed by atoms with van der Waals surface area (Å²) in [4.78, 5) is 12.2. The first-order chi connectivity index (χ1) is 9.69. The maximum Gasteiger partial charge on any atom is 0.251 e. The Kier molecular flexibility index (Phi) is 5.46. The van der Waals surface area contributed by atoms with E-state index in [0.29, 0.717) is 17.6 Å². The SMILES string of the molecule is CCCOc1cccc(C(=O)NCC2(CCBr)CC2)c1. The third-order valence-electron chi connectivity index (χ3n) is 3.77. The van der Waals surface area contributed by atoms with Gasteiger partial charge in [0.25, 0.3) is 5.91 Å². The van der Waals surface area contributed by atoms with Gasteiger partial charge in [0.2, 0.25) is 0 Å². The van der Waals surface area contributed by atoms with E-state index in [2.05, 4.69) is 28.2 Å². The van der Waals surface area contributed by atoms with Crippen LogP contribution < -0.4 is 10.1 Å². The van der Waals surface area contributed by atoms with Crippen LogP contribution in [0.4, 0.5) is 0 Å². The highest BCUT2D eigenvalue weighted by Gasteiger charge is 2.41. The van der Waals surface area contributed by atoms with Crippen molar-refractivity contribution < 1.29 is 9.53 Å². The molecule has 20 heavy (non-hydrogen) atoms. The minimum absolute atomic E-state index is 0.00667. The van der Waals surface area contributed by atoms with Crippen molar-refractivity contribution >= 4 is 21.8 Å². The number of carbonyl (C=O) groups is 1. The Morgan fingerprint density at radius 2 is 2.25 bits per heavy atom. The lowest BCUT2D eigenvalue weighted by Crippen LogP contribution is -2.30. The quantitative estimate of drug-likeness (QED) is 0.732. The van der Waals surface area contributed by atoms with E-state index in [9.17, 15) is 4.79 Å². The molecule has 1 aromatic carbocycles. The zero-order valence-corrected chi connectivity index (χ0v) is 13.5. The monoisotopic (exact) mass is 339 g/mol. The molecule has 0 atom stereocenters. The Labute approximate surface area is 129 Å². The molecular weight excluding hydrogens is 318 g/mol. The first kappa shape index (κ1) is 15.4. The molecule has 1 N–H and O–H groups in total. The van der Waals surface area contributed by atoms with Gasteiger partial charge in [0.15, 0.2) is 0 Å². The van der Waals surface area contributed by atoms with Crippen molar-refractivity contribution in [3.8, 4) is 5.75 Å². The first-order valence-corrected chi connectivity index (χ1v) is 8.38. The molecule has 0 saturated heterocycles. The Hall–Kier alpha value is -1.03. The topological polar surface area (TPSA) is 38.3 Å². The maximum absolute atomic E-state index is 12.2. The fourth-order valence-electron chi connectivity index (χ4n) is 2.21. The maximum atomic E-state index is 12.2. The van der Waals surface area contributed by atoms with Crippen molar-refractivity contribution in [3.63, 3.8) is 0 Å². The van der Waals surface area contributed by atoms with Gasteiger partial charge in [-0.25, -0.2) is 0 Å². The number of alkyl halides is 1. The molecule has 1 aliphatic rings. The minimum Gasteiger partial charge on any atom is -0.494 e. The zero-order chi connectivity index (χ0) is 14.4. The van der Waals surface area contributed by atoms with Crippen LogP contribution in [0, 0.1) is 5.41 Å². The molecule has 2 rings (SSSR count). The number of hydrogen-bond donors (Lipinski definition) is 1. The van der Waals surface area contributed by atoms with Crippen molar-refractivity contribution in [1.82, 2.24) is 5.32 Å². The van der Waals surface area contributed by atoms with E-state index >= 15 is 0 Å². The van der Waals surface area contributed by atoms with Gasteiger partial charge in [0.05, 0.1) is 6.61 Å². The number of benzene rings is 1. The van der Waals surface area contributed by atoms with Gasteiger partial charge in [-0.3, -0.25) is 4.79 Å². The van der Waals surface area contributed by atoms with Crippen LogP contribution in [0.5, 0.6) is 5.75 Å². The molecule has 110 valence electrons. The molecule has 1 saturated carbocycles. The van der Waals surface area contributed by atoms with Crippen LogP contribution in [0.25, 0.3) is 0 Å². The van der Waals surface area contributed by atoms with Gasteiger partial charge >= 0.3 is 0 Å². The first-order valence-electron chi connectivity index (χ1n) is 7.26. The lowest BCUT2D eigenvalue weighted by Gasteiger charge is -2.14. The van der Waals surface area contributed by atoms with Crippen LogP contribution in [0.1, 0.15) is 43.0 Å². The van der Waals surface area contributed by atoms with Gasteiger partial charge in [-0.15, -0.1) is 0 Å². The van der Waals surface area contributed by atoms with Crippen LogP contribution in [-0.2, 0) is 0 Å². The van der Waals surface area contributed by atoms with E-state index in [4.69, 9.17) is 4.74 Å². The van der Waals surface area contributed by atoms with Crippen molar-refractivity contribution in [1.29, 1.82) is 0 Å². The molecule has 1 aromatic rings. The van der Waals surface area contributed by atoms with E-state index in [0.717, 1.165) is 30.5 Å². The number of nitrogens with one attached hydrogen (secondary N) is 1. The second kappa shape index (κ2) is 7.11. The van der Waals surface area contributed by atoms with Crippen LogP contribution in [0.15, 0.2) is 24.3 Å². The summed E-state index contributed by atoms with van der Waals surface area (Å²) in [5.41, 5.74) is 1.02. The average molecular weight is 340 g/mol. The molecule has 0 radical (unpaired) electrons. The predicted molar refractivity (Wildman–Crippen MR) is 84.6 cm³/mol. The number of halogens is 1. The van der Waals surface area contributed by atoms with Gasteiger partial charge in [0.1, 0.15) is 5.75 Å². The number of amides is 1. The van der Waals surface area contributed by atoms with Gasteiger partial charge < -0.3 is 10.1 Å². The van der Waals surface area contributed by atoms with Crippen molar-refractivity contribution in [2.45, 2.75) is 32.6 Å². The summed E-state index contributed by atoms with van der Waals surface area (Å²) in [6, 6.07) is 7.40. The summed E-state index contributed by atoms with van der Waals surface area (Å²) in [6.07, 6.45) is 4.54. The summed E-state index contributed by atoms with van der Waals surface area (Å²) in [7, 11) is 0. The summed E-state index contributed by atoms with van der Waals surface area (Å²) in [6.45, 7) is 3.52. The molecule has 0 unspecified atom stereocenters. The summed E-state index contributed by atoms with van der Waals surface area (Å²) in [5, 5.41) is 4.06. The highest BCUT2D eigenvalue weighted by atomic mass is 79.9. The molecule has 0 aliphatic heterocycles. The number of carbonyl (C=O) groups excluding carboxylic acids is 1. The largest absolute Gasteiger partial charge is 0.494 e. The Morgan fingerprint density at radius 3 is 2.90 bits per heavy atom. The zero-order valence-electron chi connectivity index (χ0n) is 12.0. The third kappa shape index (κ3) is 4.23. The minimum atomic E-state index is -0.00667. The van der Waals surface area contributed by atoms with Crippen LogP contribution in [0.2, 0.25) is 0 Å². The highest BCUT2D eigenvalue weighted by Crippen LogP contribution is 2.48. The number of hydrogen-bond acceptors (Lipinski definition) is 2. The van der Waals surface area contributed by atoms with Crippen LogP contribution >= 0.6 is 15.9 Å². The molecule has 3 nitrogen and oxygen atoms in total. The van der Waals surface area contributed by atoms with Gasteiger partial charge in [-0.05, 0) is 49.3 Å². The molecule has 0 aromatic heterocycles. The Balaban J connectivity index is 1.88. The van der Waals surface area contributed by atoms with Crippen LogP contribution in [-0.4, -0.2) is 24.4 Å². The van der Waals surface area contributed by atoms with Crippen LogP contribution in [0.3, 0.4) is 0 Å². The van der Waals surface area contributed by atoms with E-state index in [1.165, 1.54) is 12.8 Å². The van der Waals surface area contributed by atoms with Crippen molar-refractivity contribution in [2.75, 3.05) is 18.5 Å². The molecular formula is C16H22BrNO2. The smallest absolute Gasteiger partial charge is 0.251 e. The summed E-state index contributed by atoms with van der Waals surface area (Å²) < 4.78 is 5.56. The fraction of sp³-hybridized carbons (Fsp3) is 0.562. The molecule has 1 amide bonds. The summed E-state index contributed by atoms with van der Waals surface area (Å²) in [5.74, 6) is 0.758.